The minimum Gasteiger partial charge on any atom is -0.368 e. The molecule has 11 heteroatoms. The van der Waals surface area contributed by atoms with Gasteiger partial charge in [0.15, 0.2) is 5.13 Å². The number of nitrogens with zero attached hydrogens (tertiary/aromatic N) is 8. The number of carbonyl (C=O) groups is 1. The summed E-state index contributed by atoms with van der Waals surface area (Å²) in [5.41, 5.74) is 6.50. The normalized spacial score (nSPS) is 17.9. The third-order valence-electron chi connectivity index (χ3n) is 8.69. The maximum atomic E-state index is 13.6. The van der Waals surface area contributed by atoms with Crippen molar-refractivity contribution in [3.05, 3.63) is 58.5 Å². The molecular weight excluding hydrogens is 551 g/mol. The predicted molar refractivity (Wildman–Crippen MR) is 162 cm³/mol. The molecule has 0 bridgehead atoms. The highest BCUT2D eigenvalue weighted by Crippen LogP contribution is 2.48. The lowest BCUT2D eigenvalue weighted by molar-refractivity contribution is -0.140. The van der Waals surface area contributed by atoms with Gasteiger partial charge in [0.1, 0.15) is 22.5 Å². The van der Waals surface area contributed by atoms with Crippen LogP contribution in [0.15, 0.2) is 36.4 Å². The van der Waals surface area contributed by atoms with Crippen molar-refractivity contribution in [2.24, 2.45) is 5.92 Å². The minimum absolute atomic E-state index is 0.141. The summed E-state index contributed by atoms with van der Waals surface area (Å²) in [6, 6.07) is 12.8. The van der Waals surface area contributed by atoms with Crippen molar-refractivity contribution < 1.29 is 9.18 Å². The molecule has 1 amide bonds. The van der Waals surface area contributed by atoms with Crippen molar-refractivity contribution in [3.8, 4) is 17.3 Å². The molecule has 1 aliphatic carbocycles. The topological polar surface area (TPSA) is 84.0 Å². The van der Waals surface area contributed by atoms with Gasteiger partial charge in [0, 0.05) is 69.2 Å². The maximum Gasteiger partial charge on any atom is 0.228 e. The van der Waals surface area contributed by atoms with E-state index in [0.717, 1.165) is 80.4 Å². The zero-order valence-electron chi connectivity index (χ0n) is 24.0. The molecule has 1 aromatic carbocycles. The third-order valence-corrected chi connectivity index (χ3v) is 9.72. The number of hydrogen-bond acceptors (Lipinski definition) is 8. The molecule has 0 N–H and O–H groups in total. The van der Waals surface area contributed by atoms with Crippen molar-refractivity contribution in [1.29, 1.82) is 5.26 Å². The first-order valence-corrected chi connectivity index (χ1v) is 15.3. The van der Waals surface area contributed by atoms with Crippen LogP contribution in [0.4, 0.5) is 20.9 Å². The van der Waals surface area contributed by atoms with Gasteiger partial charge in [-0.2, -0.15) is 10.4 Å². The number of halogens is 1. The summed E-state index contributed by atoms with van der Waals surface area (Å²) in [7, 11) is 4.04. The number of likely N-dealkylation sites (tertiary alicyclic amines) is 1. The SMILES string of the molecule is Cc1cc(N2CCN(C(=O)C3CN(C)C3)CC2)cc2c(N(C)c3nc(-c4ccc(F)cc4)c(C#N)s3)c(C3CC3)nn12. The lowest BCUT2D eigenvalue weighted by Gasteiger charge is -2.42. The highest BCUT2D eigenvalue weighted by atomic mass is 32.1. The summed E-state index contributed by atoms with van der Waals surface area (Å²) in [6.07, 6.45) is 2.21. The number of fused-ring (bicyclic) bond motifs is 1. The van der Waals surface area contributed by atoms with E-state index in [9.17, 15) is 14.4 Å². The van der Waals surface area contributed by atoms with Crippen LogP contribution >= 0.6 is 11.3 Å². The zero-order chi connectivity index (χ0) is 29.1. The number of aryl methyl sites for hydroxylation is 1. The summed E-state index contributed by atoms with van der Waals surface area (Å²) in [5.74, 6) is 0.503. The Labute approximate surface area is 248 Å². The Hall–Kier alpha value is -4.01. The van der Waals surface area contributed by atoms with Crippen molar-refractivity contribution >= 4 is 39.3 Å². The van der Waals surface area contributed by atoms with E-state index < -0.39 is 0 Å². The first kappa shape index (κ1) is 26.9. The largest absolute Gasteiger partial charge is 0.368 e. The number of piperazine rings is 1. The first-order chi connectivity index (χ1) is 20.3. The number of thiazole rings is 1. The number of amides is 1. The van der Waals surface area contributed by atoms with Crippen LogP contribution in [0.5, 0.6) is 0 Å². The van der Waals surface area contributed by atoms with E-state index in [1.807, 2.05) is 16.5 Å². The van der Waals surface area contributed by atoms with Gasteiger partial charge in [0.05, 0.1) is 22.8 Å². The van der Waals surface area contributed by atoms with Crippen LogP contribution in [-0.2, 0) is 4.79 Å². The first-order valence-electron chi connectivity index (χ1n) is 14.5. The smallest absolute Gasteiger partial charge is 0.228 e. The summed E-state index contributed by atoms with van der Waals surface area (Å²) >= 11 is 1.33. The second-order valence-corrected chi connectivity index (χ2v) is 12.7. The minimum atomic E-state index is -0.323. The fraction of sp³-hybridized carbons (Fsp3) is 0.419. The monoisotopic (exact) mass is 584 g/mol. The second-order valence-electron chi connectivity index (χ2n) is 11.7. The van der Waals surface area contributed by atoms with Crippen molar-refractivity contribution in [3.63, 3.8) is 0 Å². The average Bonchev–Trinajstić information content (AvgIpc) is 3.62. The number of carbonyl (C=O) groups excluding carboxylic acids is 1. The molecule has 42 heavy (non-hydrogen) atoms. The predicted octanol–water partition coefficient (Wildman–Crippen LogP) is 4.63. The van der Waals surface area contributed by atoms with E-state index in [2.05, 4.69) is 46.9 Å². The number of rotatable bonds is 6. The van der Waals surface area contributed by atoms with E-state index in [0.29, 0.717) is 27.2 Å². The van der Waals surface area contributed by atoms with Gasteiger partial charge in [0.2, 0.25) is 5.91 Å². The fourth-order valence-electron chi connectivity index (χ4n) is 6.18. The number of hydrogen-bond donors (Lipinski definition) is 0. The van der Waals surface area contributed by atoms with Crippen LogP contribution in [0.25, 0.3) is 16.8 Å². The van der Waals surface area contributed by atoms with Gasteiger partial charge in [-0.1, -0.05) is 11.3 Å². The average molecular weight is 585 g/mol. The third kappa shape index (κ3) is 4.68. The van der Waals surface area contributed by atoms with Crippen molar-refractivity contribution in [2.45, 2.75) is 25.7 Å². The van der Waals surface area contributed by atoms with Crippen LogP contribution < -0.4 is 9.80 Å². The summed E-state index contributed by atoms with van der Waals surface area (Å²) in [6.45, 7) is 6.83. The zero-order valence-corrected chi connectivity index (χ0v) is 24.9. The van der Waals surface area contributed by atoms with Crippen LogP contribution in [0, 0.1) is 30.0 Å². The Morgan fingerprint density at radius 2 is 1.83 bits per heavy atom. The van der Waals surface area contributed by atoms with Gasteiger partial charge in [-0.05, 0) is 63.2 Å². The van der Waals surface area contributed by atoms with E-state index in [1.165, 1.54) is 23.5 Å². The standard InChI is InChI=1S/C31H33FN8OS/c1-19-14-24(38-10-12-39(13-11-38)30(41)22-17-36(2)18-22)15-25-29(28(21-4-5-21)35-40(19)25)37(3)31-34-27(26(16-33)42-31)20-6-8-23(32)9-7-20/h6-9,14-15,21-22H,4-5,10-13,17-18H2,1-3H3. The van der Waals surface area contributed by atoms with Gasteiger partial charge in [-0.15, -0.1) is 0 Å². The molecule has 4 aromatic rings. The van der Waals surface area contributed by atoms with E-state index in [1.54, 1.807) is 12.1 Å². The molecule has 2 saturated heterocycles. The molecule has 0 radical (unpaired) electrons. The Balaban J connectivity index is 1.21. The number of benzene rings is 1. The van der Waals surface area contributed by atoms with Gasteiger partial charge in [0.25, 0.3) is 0 Å². The lowest BCUT2D eigenvalue weighted by Crippen LogP contribution is -2.56. The molecule has 7 rings (SSSR count). The molecule has 0 atom stereocenters. The molecular formula is C31H33FN8OS. The van der Waals surface area contributed by atoms with Crippen LogP contribution in [0.1, 0.15) is 35.0 Å². The van der Waals surface area contributed by atoms with Crippen molar-refractivity contribution in [2.75, 3.05) is 63.2 Å². The molecule has 0 spiro atoms. The fourth-order valence-corrected chi connectivity index (χ4v) is 7.03. The van der Waals surface area contributed by atoms with Crippen LogP contribution in [0.3, 0.4) is 0 Å². The van der Waals surface area contributed by atoms with Crippen molar-refractivity contribution in [1.82, 2.24) is 24.4 Å². The van der Waals surface area contributed by atoms with Crippen LogP contribution in [-0.4, -0.2) is 83.7 Å². The Morgan fingerprint density at radius 3 is 2.48 bits per heavy atom. The second kappa shape index (κ2) is 10.4. The number of anilines is 3. The highest BCUT2D eigenvalue weighted by Gasteiger charge is 2.36. The molecule has 0 unspecified atom stereocenters. The number of pyridine rings is 1. The number of nitriles is 1. The van der Waals surface area contributed by atoms with Gasteiger partial charge < -0.3 is 19.6 Å². The Bertz CT molecular complexity index is 1710. The molecule has 5 heterocycles. The summed E-state index contributed by atoms with van der Waals surface area (Å²) in [4.78, 5) is 26.9. The molecule has 3 aliphatic rings. The van der Waals surface area contributed by atoms with Crippen LogP contribution in [0.2, 0.25) is 0 Å². The molecule has 216 valence electrons. The van der Waals surface area contributed by atoms with Gasteiger partial charge >= 0.3 is 0 Å². The quantitative estimate of drug-likeness (QED) is 0.327. The maximum absolute atomic E-state index is 13.6. The highest BCUT2D eigenvalue weighted by molar-refractivity contribution is 7.16. The molecule has 9 nitrogen and oxygen atoms in total. The molecule has 3 aromatic heterocycles. The van der Waals surface area contributed by atoms with Gasteiger partial charge in [-0.25, -0.2) is 13.9 Å². The Kier molecular flexibility index (Phi) is 6.63. The summed E-state index contributed by atoms with van der Waals surface area (Å²) < 4.78 is 15.6. The Morgan fingerprint density at radius 1 is 1.12 bits per heavy atom. The lowest BCUT2D eigenvalue weighted by atomic mass is 9.99. The van der Waals surface area contributed by atoms with E-state index in [-0.39, 0.29) is 17.6 Å². The van der Waals surface area contributed by atoms with Gasteiger partial charge in [-0.3, -0.25) is 4.79 Å². The summed E-state index contributed by atoms with van der Waals surface area (Å²) in [5, 5.41) is 15.7. The molecule has 2 aliphatic heterocycles. The molecule has 3 fully saturated rings. The van der Waals surface area contributed by atoms with E-state index in [4.69, 9.17) is 10.1 Å². The molecule has 1 saturated carbocycles. The number of aromatic nitrogens is 3. The van der Waals surface area contributed by atoms with E-state index >= 15 is 0 Å².